The number of fused-ring (bicyclic) bond motifs is 1. The average molecular weight is 438 g/mol. The van der Waals surface area contributed by atoms with Gasteiger partial charge in [0.1, 0.15) is 0 Å². The van der Waals surface area contributed by atoms with E-state index in [9.17, 15) is 18.0 Å². The lowest BCUT2D eigenvalue weighted by molar-refractivity contribution is -0.192. The van der Waals surface area contributed by atoms with Crippen LogP contribution in [0.5, 0.6) is 0 Å². The maximum absolute atomic E-state index is 12.8. The van der Waals surface area contributed by atoms with Gasteiger partial charge in [0.05, 0.1) is 18.1 Å². The fraction of sp³-hybridized carbons (Fsp3) is 0.667. The number of rotatable bonds is 6. The van der Waals surface area contributed by atoms with Crippen LogP contribution in [-0.4, -0.2) is 74.1 Å². The summed E-state index contributed by atoms with van der Waals surface area (Å²) >= 11 is 1.72. The van der Waals surface area contributed by atoms with E-state index >= 15 is 0 Å². The number of carbonyl (C=O) groups excluding carboxylic acids is 1. The molecule has 2 atom stereocenters. The number of nitrogens with one attached hydrogen (secondary N) is 1. The van der Waals surface area contributed by atoms with Gasteiger partial charge in [-0.05, 0) is 35.2 Å². The second-order valence-electron chi connectivity index (χ2n) is 6.95. The van der Waals surface area contributed by atoms with Crippen molar-refractivity contribution in [1.82, 2.24) is 10.2 Å². The minimum atomic E-state index is -5.08. The predicted octanol–water partition coefficient (Wildman–Crippen LogP) is 2.12. The second-order valence-corrected chi connectivity index (χ2v) is 7.73. The second kappa shape index (κ2) is 10.4. The number of carbonyl (C=O) groups is 2. The van der Waals surface area contributed by atoms with E-state index in [0.717, 1.165) is 32.5 Å². The van der Waals surface area contributed by atoms with Crippen molar-refractivity contribution in [2.24, 2.45) is 5.41 Å². The van der Waals surface area contributed by atoms with Gasteiger partial charge in [-0.15, -0.1) is 0 Å². The predicted molar refractivity (Wildman–Crippen MR) is 99.6 cm³/mol. The van der Waals surface area contributed by atoms with E-state index < -0.39 is 12.1 Å². The van der Waals surface area contributed by atoms with Gasteiger partial charge in [-0.2, -0.15) is 24.5 Å². The molecule has 0 aromatic carbocycles. The van der Waals surface area contributed by atoms with Crippen molar-refractivity contribution in [3.05, 3.63) is 22.4 Å². The Kier molecular flexibility index (Phi) is 8.44. The zero-order valence-corrected chi connectivity index (χ0v) is 16.9. The minimum absolute atomic E-state index is 0.0637. The molecule has 3 rings (SSSR count). The van der Waals surface area contributed by atoms with E-state index in [0.29, 0.717) is 19.8 Å². The summed E-state index contributed by atoms with van der Waals surface area (Å²) in [7, 11) is 1.65. The average Bonchev–Trinajstić information content (AvgIpc) is 3.31. The topological polar surface area (TPSA) is 88.1 Å². The van der Waals surface area contributed by atoms with Crippen molar-refractivity contribution in [2.75, 3.05) is 40.0 Å². The van der Waals surface area contributed by atoms with Gasteiger partial charge in [0, 0.05) is 39.9 Å². The Morgan fingerprint density at radius 1 is 1.48 bits per heavy atom. The molecular formula is C18H25F3N2O5S. The highest BCUT2D eigenvalue weighted by Crippen LogP contribution is 2.41. The third-order valence-corrected chi connectivity index (χ3v) is 5.70. The van der Waals surface area contributed by atoms with Crippen molar-refractivity contribution in [1.29, 1.82) is 0 Å². The van der Waals surface area contributed by atoms with E-state index in [1.165, 1.54) is 5.56 Å². The molecule has 7 nitrogen and oxygen atoms in total. The van der Waals surface area contributed by atoms with Crippen LogP contribution in [0.25, 0.3) is 0 Å². The number of likely N-dealkylation sites (tertiary alicyclic amines) is 1. The van der Waals surface area contributed by atoms with Crippen molar-refractivity contribution in [2.45, 2.75) is 31.7 Å². The zero-order chi connectivity index (χ0) is 21.5. The third-order valence-electron chi connectivity index (χ3n) is 4.97. The van der Waals surface area contributed by atoms with Crippen LogP contribution >= 0.6 is 11.3 Å². The molecule has 2 N–H and O–H groups in total. The van der Waals surface area contributed by atoms with Crippen LogP contribution in [0.3, 0.4) is 0 Å². The van der Waals surface area contributed by atoms with Crippen LogP contribution in [0.15, 0.2) is 16.8 Å². The summed E-state index contributed by atoms with van der Waals surface area (Å²) in [6, 6.07) is 2.16. The first-order valence-electron chi connectivity index (χ1n) is 9.11. The number of ether oxygens (including phenoxy) is 2. The largest absolute Gasteiger partial charge is 0.490 e. The molecule has 1 aromatic rings. The molecular weight excluding hydrogens is 413 g/mol. The maximum atomic E-state index is 12.8. The lowest BCUT2D eigenvalue weighted by Crippen LogP contribution is -2.57. The summed E-state index contributed by atoms with van der Waals surface area (Å²) in [5.74, 6) is -2.63. The highest BCUT2D eigenvalue weighted by Gasteiger charge is 2.53. The summed E-state index contributed by atoms with van der Waals surface area (Å²) in [6.07, 6.45) is -3.27. The Balaban J connectivity index is 0.000000370. The Labute approximate surface area is 170 Å². The van der Waals surface area contributed by atoms with Crippen molar-refractivity contribution in [3.8, 4) is 0 Å². The van der Waals surface area contributed by atoms with Gasteiger partial charge >= 0.3 is 12.1 Å². The number of hydrogen-bond donors (Lipinski definition) is 2. The lowest BCUT2D eigenvalue weighted by Gasteiger charge is -2.42. The van der Waals surface area contributed by atoms with Gasteiger partial charge in [-0.1, -0.05) is 0 Å². The Bertz CT molecular complexity index is 671. The fourth-order valence-electron chi connectivity index (χ4n) is 3.57. The number of carboxylic acids is 1. The van der Waals surface area contributed by atoms with Gasteiger partial charge < -0.3 is 19.9 Å². The molecule has 11 heteroatoms. The van der Waals surface area contributed by atoms with E-state index in [-0.39, 0.29) is 17.4 Å². The molecule has 0 radical (unpaired) electrons. The quantitative estimate of drug-likeness (QED) is 0.662. The highest BCUT2D eigenvalue weighted by atomic mass is 32.1. The van der Waals surface area contributed by atoms with Crippen LogP contribution in [0, 0.1) is 5.41 Å². The summed E-state index contributed by atoms with van der Waals surface area (Å²) < 4.78 is 42.6. The molecule has 3 heterocycles. The molecule has 29 heavy (non-hydrogen) atoms. The monoisotopic (exact) mass is 438 g/mol. The SMILES string of the molecule is COCCNC(=O)[C@@]12CCO[C@@H]1CCN(Cc1ccsc1)C2.O=C(O)C(F)(F)F. The van der Waals surface area contributed by atoms with Gasteiger partial charge in [0.15, 0.2) is 0 Å². The Morgan fingerprint density at radius 2 is 2.21 bits per heavy atom. The molecule has 0 aliphatic carbocycles. The number of halogens is 3. The van der Waals surface area contributed by atoms with Crippen LogP contribution in [-0.2, 0) is 25.6 Å². The number of carboxylic acid groups (broad SMARTS) is 1. The number of amides is 1. The first-order chi connectivity index (χ1) is 13.7. The number of methoxy groups -OCH3 is 1. The molecule has 2 aliphatic rings. The smallest absolute Gasteiger partial charge is 0.475 e. The number of nitrogens with zero attached hydrogens (tertiary/aromatic N) is 1. The Morgan fingerprint density at radius 3 is 2.79 bits per heavy atom. The number of hydrogen-bond acceptors (Lipinski definition) is 6. The summed E-state index contributed by atoms with van der Waals surface area (Å²) in [6.45, 7) is 4.50. The molecule has 1 amide bonds. The minimum Gasteiger partial charge on any atom is -0.475 e. The standard InChI is InChI=1S/C16H24N2O3S.C2HF3O2/c1-20-8-5-17-15(19)16-4-7-21-14(16)2-6-18(12-16)10-13-3-9-22-11-13;3-2(4,5)1(6)7/h3,9,11,14H,2,4-8,10,12H2,1H3,(H,17,19);(H,6,7)/t14-,16-;/m1./s1. The molecule has 0 saturated carbocycles. The molecule has 0 spiro atoms. The number of aliphatic carboxylic acids is 1. The van der Waals surface area contributed by atoms with Gasteiger partial charge in [0.2, 0.25) is 5.91 Å². The summed E-state index contributed by atoms with van der Waals surface area (Å²) in [5.41, 5.74) is 0.944. The molecule has 0 bridgehead atoms. The van der Waals surface area contributed by atoms with Crippen LogP contribution in [0.4, 0.5) is 13.2 Å². The molecule has 2 fully saturated rings. The van der Waals surface area contributed by atoms with Crippen molar-refractivity contribution < 1.29 is 37.3 Å². The molecule has 2 aliphatic heterocycles. The maximum Gasteiger partial charge on any atom is 0.490 e. The van der Waals surface area contributed by atoms with Gasteiger partial charge in [-0.3, -0.25) is 9.69 Å². The molecule has 2 saturated heterocycles. The molecule has 164 valence electrons. The van der Waals surface area contributed by atoms with Crippen LogP contribution < -0.4 is 5.32 Å². The van der Waals surface area contributed by atoms with E-state index in [1.807, 2.05) is 0 Å². The first-order valence-corrected chi connectivity index (χ1v) is 10.1. The van der Waals surface area contributed by atoms with Crippen molar-refractivity contribution in [3.63, 3.8) is 0 Å². The van der Waals surface area contributed by atoms with E-state index in [1.54, 1.807) is 18.4 Å². The first kappa shape index (κ1) is 23.6. The van der Waals surface area contributed by atoms with E-state index in [2.05, 4.69) is 27.0 Å². The third kappa shape index (κ3) is 6.39. The van der Waals surface area contributed by atoms with Gasteiger partial charge in [-0.25, -0.2) is 4.79 Å². The molecule has 0 unspecified atom stereocenters. The summed E-state index contributed by atoms with van der Waals surface area (Å²) in [4.78, 5) is 24.0. The Hall–Kier alpha value is -1.69. The van der Waals surface area contributed by atoms with Crippen LogP contribution in [0.1, 0.15) is 18.4 Å². The number of thiophene rings is 1. The number of piperidine rings is 1. The van der Waals surface area contributed by atoms with Crippen LogP contribution in [0.2, 0.25) is 0 Å². The lowest BCUT2D eigenvalue weighted by atomic mass is 9.75. The van der Waals surface area contributed by atoms with Gasteiger partial charge in [0.25, 0.3) is 0 Å². The fourth-order valence-corrected chi connectivity index (χ4v) is 4.23. The zero-order valence-electron chi connectivity index (χ0n) is 16.0. The summed E-state index contributed by atoms with van der Waals surface area (Å²) in [5, 5.41) is 14.4. The van der Waals surface area contributed by atoms with E-state index in [4.69, 9.17) is 19.4 Å². The molecule has 1 aromatic heterocycles. The highest BCUT2D eigenvalue weighted by molar-refractivity contribution is 7.07. The number of alkyl halides is 3. The van der Waals surface area contributed by atoms with Crippen molar-refractivity contribution >= 4 is 23.2 Å². The normalized spacial score (nSPS) is 24.3.